The van der Waals surface area contributed by atoms with E-state index in [1.807, 2.05) is 47.9 Å². The summed E-state index contributed by atoms with van der Waals surface area (Å²) in [7, 11) is 0. The molecular formula is C24H15N3S. The van der Waals surface area contributed by atoms with Crippen molar-refractivity contribution in [1.29, 1.82) is 0 Å². The monoisotopic (exact) mass is 377 g/mol. The van der Waals surface area contributed by atoms with Crippen LogP contribution in [0.3, 0.4) is 0 Å². The summed E-state index contributed by atoms with van der Waals surface area (Å²) in [5.74, 6) is 0.928. The molecular weight excluding hydrogens is 362 g/mol. The minimum atomic E-state index is 0.877. The van der Waals surface area contributed by atoms with Gasteiger partial charge in [0.1, 0.15) is 11.3 Å². The molecule has 3 heterocycles. The van der Waals surface area contributed by atoms with E-state index in [1.54, 1.807) is 0 Å². The van der Waals surface area contributed by atoms with Crippen LogP contribution >= 0.6 is 11.3 Å². The summed E-state index contributed by atoms with van der Waals surface area (Å²) in [5.41, 5.74) is 3.98. The highest BCUT2D eigenvalue weighted by Gasteiger charge is 2.18. The van der Waals surface area contributed by atoms with Gasteiger partial charge in [-0.15, -0.1) is 11.3 Å². The number of rotatable bonds is 2. The van der Waals surface area contributed by atoms with Gasteiger partial charge in [-0.25, -0.2) is 9.97 Å². The molecule has 3 aromatic carbocycles. The van der Waals surface area contributed by atoms with Crippen molar-refractivity contribution in [3.8, 4) is 17.1 Å². The third kappa shape index (κ3) is 2.22. The summed E-state index contributed by atoms with van der Waals surface area (Å²) in [6.45, 7) is 0. The molecule has 0 aliphatic heterocycles. The lowest BCUT2D eigenvalue weighted by atomic mass is 10.1. The maximum absolute atomic E-state index is 4.99. The minimum absolute atomic E-state index is 0.877. The Kier molecular flexibility index (Phi) is 3.34. The summed E-state index contributed by atoms with van der Waals surface area (Å²) >= 11 is 1.82. The van der Waals surface area contributed by atoms with Gasteiger partial charge in [-0.1, -0.05) is 48.5 Å². The second-order valence-corrected chi connectivity index (χ2v) is 7.79. The first kappa shape index (κ1) is 15.5. The summed E-state index contributed by atoms with van der Waals surface area (Å²) < 4.78 is 4.72. The Labute approximate surface area is 165 Å². The summed E-state index contributed by atoms with van der Waals surface area (Å²) in [5, 5.41) is 2.57. The molecule has 3 aromatic heterocycles. The number of pyridine rings is 1. The zero-order chi connectivity index (χ0) is 18.5. The fourth-order valence-corrected chi connectivity index (χ4v) is 5.05. The van der Waals surface area contributed by atoms with Gasteiger partial charge in [-0.3, -0.25) is 4.57 Å². The van der Waals surface area contributed by atoms with E-state index in [-0.39, 0.29) is 0 Å². The Morgan fingerprint density at radius 3 is 2.46 bits per heavy atom. The van der Waals surface area contributed by atoms with Gasteiger partial charge >= 0.3 is 0 Å². The number of fused-ring (bicyclic) bond motifs is 4. The molecule has 0 unspecified atom stereocenters. The van der Waals surface area contributed by atoms with Gasteiger partial charge in [-0.05, 0) is 36.4 Å². The number of para-hydroxylation sites is 1. The first-order chi connectivity index (χ1) is 13.9. The molecule has 6 aromatic rings. The quantitative estimate of drug-likeness (QED) is 0.347. The van der Waals surface area contributed by atoms with Crippen LogP contribution in [-0.2, 0) is 0 Å². The number of imidazole rings is 1. The van der Waals surface area contributed by atoms with Gasteiger partial charge in [-0.2, -0.15) is 0 Å². The molecule has 0 amide bonds. The van der Waals surface area contributed by atoms with Crippen LogP contribution in [0.15, 0.2) is 91.1 Å². The van der Waals surface area contributed by atoms with Gasteiger partial charge in [0, 0.05) is 37.6 Å². The molecule has 0 fully saturated rings. The fourth-order valence-electron chi connectivity index (χ4n) is 3.84. The predicted octanol–water partition coefficient (Wildman–Crippen LogP) is 6.46. The number of thiophene rings is 1. The predicted molar refractivity (Wildman–Crippen MR) is 117 cm³/mol. The summed E-state index contributed by atoms with van der Waals surface area (Å²) in [4.78, 5) is 9.62. The van der Waals surface area contributed by atoms with E-state index in [2.05, 4.69) is 64.1 Å². The SMILES string of the molecule is c1ccc(-n2c(-c3cccc4c3sc3ccccc34)nc3cccnc32)cc1. The van der Waals surface area contributed by atoms with E-state index in [9.17, 15) is 0 Å². The minimum Gasteiger partial charge on any atom is -0.277 e. The molecule has 0 radical (unpaired) electrons. The standard InChI is InChI=1S/C24H15N3S/c1-2-8-16(9-3-1)27-23(26-20-13-7-15-25-24(20)27)19-12-6-11-18-17-10-4-5-14-21(17)28-22(18)19/h1-15H. The van der Waals surface area contributed by atoms with E-state index in [1.165, 1.54) is 20.2 Å². The van der Waals surface area contributed by atoms with Crippen LogP contribution in [0, 0.1) is 0 Å². The highest BCUT2D eigenvalue weighted by atomic mass is 32.1. The summed E-state index contributed by atoms with van der Waals surface area (Å²) in [6, 6.07) is 29.4. The lowest BCUT2D eigenvalue weighted by Gasteiger charge is -2.09. The van der Waals surface area contributed by atoms with E-state index < -0.39 is 0 Å². The lowest BCUT2D eigenvalue weighted by Crippen LogP contribution is -1.98. The molecule has 0 saturated carbocycles. The van der Waals surface area contributed by atoms with Crippen molar-refractivity contribution in [2.75, 3.05) is 0 Å². The van der Waals surface area contributed by atoms with Gasteiger partial charge in [0.2, 0.25) is 0 Å². The van der Waals surface area contributed by atoms with E-state index in [0.717, 1.165) is 28.2 Å². The Morgan fingerprint density at radius 2 is 1.54 bits per heavy atom. The van der Waals surface area contributed by atoms with Crippen molar-refractivity contribution in [3.05, 3.63) is 91.1 Å². The van der Waals surface area contributed by atoms with Crippen LogP contribution in [0.25, 0.3) is 48.4 Å². The Morgan fingerprint density at radius 1 is 0.714 bits per heavy atom. The van der Waals surface area contributed by atoms with Crippen LogP contribution in [0.4, 0.5) is 0 Å². The topological polar surface area (TPSA) is 30.7 Å². The van der Waals surface area contributed by atoms with E-state index in [4.69, 9.17) is 4.98 Å². The Bertz CT molecular complexity index is 1460. The number of benzene rings is 3. The smallest absolute Gasteiger partial charge is 0.164 e. The van der Waals surface area contributed by atoms with Crippen LogP contribution in [-0.4, -0.2) is 14.5 Å². The molecule has 0 aliphatic rings. The first-order valence-electron chi connectivity index (χ1n) is 9.20. The molecule has 132 valence electrons. The number of hydrogen-bond acceptors (Lipinski definition) is 3. The van der Waals surface area contributed by atoms with E-state index >= 15 is 0 Å². The molecule has 0 N–H and O–H groups in total. The molecule has 0 saturated heterocycles. The molecule has 6 rings (SSSR count). The third-order valence-corrected chi connectivity index (χ3v) is 6.30. The second-order valence-electron chi connectivity index (χ2n) is 6.73. The molecule has 0 aliphatic carbocycles. The van der Waals surface area contributed by atoms with Crippen molar-refractivity contribution in [2.45, 2.75) is 0 Å². The normalized spacial score (nSPS) is 11.6. The first-order valence-corrected chi connectivity index (χ1v) is 10.0. The maximum atomic E-state index is 4.99. The highest BCUT2D eigenvalue weighted by Crippen LogP contribution is 2.40. The molecule has 4 heteroatoms. The van der Waals surface area contributed by atoms with Gasteiger partial charge in [0.25, 0.3) is 0 Å². The Balaban J connectivity index is 1.74. The van der Waals surface area contributed by atoms with Crippen LogP contribution in [0.1, 0.15) is 0 Å². The van der Waals surface area contributed by atoms with Gasteiger partial charge in [0.15, 0.2) is 5.65 Å². The number of nitrogens with zero attached hydrogens (tertiary/aromatic N) is 3. The number of hydrogen-bond donors (Lipinski definition) is 0. The largest absolute Gasteiger partial charge is 0.277 e. The molecule has 28 heavy (non-hydrogen) atoms. The zero-order valence-corrected chi connectivity index (χ0v) is 15.7. The van der Waals surface area contributed by atoms with Crippen molar-refractivity contribution in [2.24, 2.45) is 0 Å². The fraction of sp³-hybridized carbons (Fsp3) is 0. The van der Waals surface area contributed by atoms with Gasteiger partial charge < -0.3 is 0 Å². The molecule has 3 nitrogen and oxygen atoms in total. The van der Waals surface area contributed by atoms with Crippen LogP contribution in [0.5, 0.6) is 0 Å². The maximum Gasteiger partial charge on any atom is 0.164 e. The second kappa shape index (κ2) is 6.01. The van der Waals surface area contributed by atoms with Gasteiger partial charge in [0.05, 0.1) is 0 Å². The molecule has 0 bridgehead atoms. The average Bonchev–Trinajstić information content (AvgIpc) is 3.33. The summed E-state index contributed by atoms with van der Waals surface area (Å²) in [6.07, 6.45) is 1.83. The zero-order valence-electron chi connectivity index (χ0n) is 14.9. The van der Waals surface area contributed by atoms with Crippen molar-refractivity contribution in [3.63, 3.8) is 0 Å². The third-order valence-electron chi connectivity index (χ3n) is 5.08. The highest BCUT2D eigenvalue weighted by molar-refractivity contribution is 7.26. The molecule has 0 spiro atoms. The van der Waals surface area contributed by atoms with Crippen LogP contribution < -0.4 is 0 Å². The molecule has 0 atom stereocenters. The van der Waals surface area contributed by atoms with Crippen molar-refractivity contribution >= 4 is 42.7 Å². The van der Waals surface area contributed by atoms with Crippen molar-refractivity contribution < 1.29 is 0 Å². The van der Waals surface area contributed by atoms with Crippen molar-refractivity contribution in [1.82, 2.24) is 14.5 Å². The lowest BCUT2D eigenvalue weighted by molar-refractivity contribution is 1.08. The average molecular weight is 377 g/mol. The van der Waals surface area contributed by atoms with Crippen LogP contribution in [0.2, 0.25) is 0 Å². The van der Waals surface area contributed by atoms with E-state index in [0.29, 0.717) is 0 Å². The number of aromatic nitrogens is 3. The Hall–Kier alpha value is -3.50.